The van der Waals surface area contributed by atoms with Gasteiger partial charge in [0.2, 0.25) is 11.8 Å². The summed E-state index contributed by atoms with van der Waals surface area (Å²) in [5.74, 6) is 0.0529. The number of nitrogens with zero attached hydrogens (tertiary/aromatic N) is 4. The van der Waals surface area contributed by atoms with Gasteiger partial charge in [0.15, 0.2) is 5.69 Å². The summed E-state index contributed by atoms with van der Waals surface area (Å²) in [7, 11) is 0. The molecule has 10 nitrogen and oxygen atoms in total. The summed E-state index contributed by atoms with van der Waals surface area (Å²) in [5.41, 5.74) is 6.97. The number of Topliss-reactive ketones (excluding diaryl/α,β-unsaturated/α-hetero) is 1. The molecule has 3 heterocycles. The van der Waals surface area contributed by atoms with Crippen molar-refractivity contribution in [1.82, 2.24) is 19.7 Å². The van der Waals surface area contributed by atoms with Crippen LogP contribution in [0.15, 0.2) is 36.4 Å². The highest BCUT2D eigenvalue weighted by atomic mass is 35.5. The smallest absolute Gasteiger partial charge is 0.269 e. The molecule has 2 aromatic heterocycles. The van der Waals surface area contributed by atoms with E-state index in [0.717, 1.165) is 37.0 Å². The number of halogens is 1. The average molecular weight is 555 g/mol. The minimum absolute atomic E-state index is 0.0157. The van der Waals surface area contributed by atoms with Crippen LogP contribution in [0.3, 0.4) is 0 Å². The van der Waals surface area contributed by atoms with Gasteiger partial charge in [0, 0.05) is 17.8 Å². The summed E-state index contributed by atoms with van der Waals surface area (Å²) in [6, 6.07) is 10.2. The van der Waals surface area contributed by atoms with Crippen LogP contribution in [0.25, 0.3) is 10.9 Å². The number of amides is 3. The van der Waals surface area contributed by atoms with Crippen molar-refractivity contribution < 1.29 is 19.2 Å². The lowest BCUT2D eigenvalue weighted by molar-refractivity contribution is -0.135. The Morgan fingerprint density at radius 2 is 1.97 bits per heavy atom. The van der Waals surface area contributed by atoms with E-state index in [2.05, 4.69) is 15.4 Å². The Bertz CT molecular complexity index is 1420. The number of pyridine rings is 1. The zero-order valence-corrected chi connectivity index (χ0v) is 22.1. The van der Waals surface area contributed by atoms with Gasteiger partial charge in [-0.3, -0.25) is 23.9 Å². The van der Waals surface area contributed by atoms with Crippen molar-refractivity contribution in [3.05, 3.63) is 52.8 Å². The molecule has 3 aromatic rings. The summed E-state index contributed by atoms with van der Waals surface area (Å²) >= 11 is 7.57. The molecule has 0 bridgehead atoms. The monoisotopic (exact) mass is 554 g/mol. The van der Waals surface area contributed by atoms with E-state index in [-0.39, 0.29) is 53.3 Å². The summed E-state index contributed by atoms with van der Waals surface area (Å²) in [6.07, 6.45) is 3.81. The number of benzene rings is 1. The third kappa shape index (κ3) is 5.99. The van der Waals surface area contributed by atoms with Crippen molar-refractivity contribution in [2.24, 2.45) is 5.73 Å². The Morgan fingerprint density at radius 1 is 1.16 bits per heavy atom. The second-order valence-electron chi connectivity index (χ2n) is 9.51. The highest BCUT2D eigenvalue weighted by Crippen LogP contribution is 2.29. The molecule has 1 aliphatic carbocycles. The Balaban J connectivity index is 1.32. The second-order valence-corrected chi connectivity index (χ2v) is 11.2. The van der Waals surface area contributed by atoms with Gasteiger partial charge in [-0.1, -0.05) is 23.7 Å². The number of thioether (sulfide) groups is 1. The van der Waals surface area contributed by atoms with Crippen molar-refractivity contribution in [3.63, 3.8) is 0 Å². The molecule has 198 valence electrons. The molecular formula is C26H27ClN6O4S. The molecule has 1 saturated heterocycles. The highest BCUT2D eigenvalue weighted by molar-refractivity contribution is 8.00. The minimum Gasteiger partial charge on any atom is -0.364 e. The summed E-state index contributed by atoms with van der Waals surface area (Å²) in [6.45, 7) is -0.315. The van der Waals surface area contributed by atoms with E-state index in [1.807, 2.05) is 6.07 Å². The van der Waals surface area contributed by atoms with Crippen LogP contribution in [0, 0.1) is 0 Å². The van der Waals surface area contributed by atoms with Gasteiger partial charge in [0.1, 0.15) is 29.8 Å². The summed E-state index contributed by atoms with van der Waals surface area (Å²) in [4.78, 5) is 56.3. The van der Waals surface area contributed by atoms with E-state index in [0.29, 0.717) is 16.7 Å². The second kappa shape index (κ2) is 11.1. The molecule has 3 N–H and O–H groups in total. The van der Waals surface area contributed by atoms with Crippen LogP contribution >= 0.6 is 23.4 Å². The number of primary amides is 1. The number of nitrogens with two attached hydrogens (primary N) is 1. The Kier molecular flexibility index (Phi) is 7.66. The van der Waals surface area contributed by atoms with Gasteiger partial charge in [0.05, 0.1) is 10.8 Å². The van der Waals surface area contributed by atoms with E-state index >= 15 is 0 Å². The number of hydrogen-bond donors (Lipinski definition) is 2. The molecule has 12 heteroatoms. The molecule has 2 aliphatic rings. The molecule has 1 saturated carbocycles. The molecule has 1 aromatic carbocycles. The molecule has 0 radical (unpaired) electrons. The molecule has 1 unspecified atom stereocenters. The Morgan fingerprint density at radius 3 is 2.66 bits per heavy atom. The Labute approximate surface area is 228 Å². The molecule has 0 spiro atoms. The summed E-state index contributed by atoms with van der Waals surface area (Å²) in [5, 5.41) is 7.75. The minimum atomic E-state index is -0.719. The number of fused-ring (bicyclic) bond motifs is 1. The van der Waals surface area contributed by atoms with E-state index in [1.165, 1.54) is 9.58 Å². The first-order valence-corrected chi connectivity index (χ1v) is 13.9. The van der Waals surface area contributed by atoms with Crippen LogP contribution in [-0.2, 0) is 27.3 Å². The first-order valence-electron chi connectivity index (χ1n) is 12.4. The van der Waals surface area contributed by atoms with E-state index in [4.69, 9.17) is 17.3 Å². The fourth-order valence-corrected chi connectivity index (χ4v) is 6.01. The number of carbonyl (C=O) groups is 4. The van der Waals surface area contributed by atoms with Gasteiger partial charge >= 0.3 is 0 Å². The number of rotatable bonds is 10. The zero-order valence-electron chi connectivity index (χ0n) is 20.6. The third-order valence-corrected chi connectivity index (χ3v) is 8.24. The molecule has 1 aliphatic heterocycles. The van der Waals surface area contributed by atoms with Crippen molar-refractivity contribution in [3.8, 4) is 0 Å². The third-order valence-electron chi connectivity index (χ3n) is 6.60. The van der Waals surface area contributed by atoms with Gasteiger partial charge in [-0.15, -0.1) is 0 Å². The highest BCUT2D eigenvalue weighted by Gasteiger charge is 2.34. The van der Waals surface area contributed by atoms with Gasteiger partial charge in [-0.05, 0) is 61.3 Å². The van der Waals surface area contributed by atoms with Gasteiger partial charge < -0.3 is 16.0 Å². The summed E-state index contributed by atoms with van der Waals surface area (Å²) < 4.78 is 1.43. The van der Waals surface area contributed by atoms with Crippen molar-refractivity contribution >= 4 is 63.6 Å². The normalized spacial score (nSPS) is 16.9. The van der Waals surface area contributed by atoms with Crippen LogP contribution in [0.1, 0.15) is 41.7 Å². The number of aromatic nitrogens is 3. The first-order chi connectivity index (χ1) is 18.3. The van der Waals surface area contributed by atoms with E-state index < -0.39 is 11.8 Å². The first kappa shape index (κ1) is 26.2. The maximum Gasteiger partial charge on any atom is 0.269 e. The molecule has 2 fully saturated rings. The molecular weight excluding hydrogens is 528 g/mol. The van der Waals surface area contributed by atoms with Crippen LogP contribution < -0.4 is 11.1 Å². The van der Waals surface area contributed by atoms with Gasteiger partial charge in [-0.25, -0.2) is 4.98 Å². The van der Waals surface area contributed by atoms with E-state index in [1.54, 1.807) is 42.1 Å². The maximum absolute atomic E-state index is 13.3. The van der Waals surface area contributed by atoms with Crippen molar-refractivity contribution in [2.45, 2.75) is 49.9 Å². The zero-order chi connectivity index (χ0) is 26.8. The lowest BCUT2D eigenvalue weighted by Gasteiger charge is -2.22. The van der Waals surface area contributed by atoms with Crippen LogP contribution in [0.4, 0.5) is 5.82 Å². The average Bonchev–Trinajstić information content (AvgIpc) is 3.42. The molecule has 5 rings (SSSR count). The SMILES string of the molecule is NC(=O)c1nn(CC(=O)N(CC(=O)Nc2cccc(Cl)n2)C2CC2)c2ccc(CC(=O)C3CCCS3)cc12. The van der Waals surface area contributed by atoms with Gasteiger partial charge in [0.25, 0.3) is 5.91 Å². The lowest BCUT2D eigenvalue weighted by Crippen LogP contribution is -2.41. The number of hydrogen-bond acceptors (Lipinski definition) is 7. The largest absolute Gasteiger partial charge is 0.364 e. The fraction of sp³-hybridized carbons (Fsp3) is 0.385. The quantitative estimate of drug-likeness (QED) is 0.367. The predicted molar refractivity (Wildman–Crippen MR) is 145 cm³/mol. The van der Waals surface area contributed by atoms with E-state index in [9.17, 15) is 19.2 Å². The molecule has 1 atom stereocenters. The number of nitrogens with one attached hydrogen (secondary N) is 1. The molecule has 38 heavy (non-hydrogen) atoms. The number of ketones is 1. The molecule has 3 amide bonds. The Hall–Kier alpha value is -3.44. The fourth-order valence-electron chi connectivity index (χ4n) is 4.63. The van der Waals surface area contributed by atoms with Crippen molar-refractivity contribution in [2.75, 3.05) is 17.6 Å². The lowest BCUT2D eigenvalue weighted by atomic mass is 10.0. The van der Waals surface area contributed by atoms with Crippen LogP contribution in [0.2, 0.25) is 5.15 Å². The maximum atomic E-state index is 13.3. The predicted octanol–water partition coefficient (Wildman–Crippen LogP) is 2.82. The van der Waals surface area contributed by atoms with Crippen molar-refractivity contribution in [1.29, 1.82) is 0 Å². The number of carbonyl (C=O) groups excluding carboxylic acids is 4. The van der Waals surface area contributed by atoms with Crippen LogP contribution in [-0.4, -0.2) is 66.8 Å². The van der Waals surface area contributed by atoms with Gasteiger partial charge in [-0.2, -0.15) is 16.9 Å². The van der Waals surface area contributed by atoms with Crippen LogP contribution in [0.5, 0.6) is 0 Å². The standard InChI is InChI=1S/C26H27ClN6O4S/c27-21-4-1-5-22(29-21)30-23(35)13-32(16-7-8-16)24(36)14-33-18-9-6-15(11-17(18)25(31-33)26(28)37)12-19(34)20-3-2-10-38-20/h1,4-6,9,11,16,20H,2-3,7-8,10,12-14H2,(H2,28,37)(H,29,30,35). The topological polar surface area (TPSA) is 140 Å². The number of anilines is 1.